The summed E-state index contributed by atoms with van der Waals surface area (Å²) in [6.45, 7) is 6.13. The van der Waals surface area contributed by atoms with Crippen LogP contribution < -0.4 is 0 Å². The van der Waals surface area contributed by atoms with Crippen LogP contribution in [0, 0.1) is 5.41 Å². The molecule has 0 heterocycles. The van der Waals surface area contributed by atoms with Crippen molar-refractivity contribution in [2.45, 2.75) is 45.4 Å². The van der Waals surface area contributed by atoms with Gasteiger partial charge in [0, 0.05) is 5.92 Å². The molecule has 2 heteroatoms. The van der Waals surface area contributed by atoms with Crippen molar-refractivity contribution >= 4 is 5.97 Å². The van der Waals surface area contributed by atoms with Crippen LogP contribution in [0.1, 0.15) is 62.1 Å². The molecule has 3 aromatic rings. The highest BCUT2D eigenvalue weighted by Gasteiger charge is 2.27. The fraction of sp³-hybridized carbons (Fsp3) is 0.321. The van der Waals surface area contributed by atoms with E-state index in [0.717, 1.165) is 12.8 Å². The minimum atomic E-state index is -0.463. The van der Waals surface area contributed by atoms with Crippen molar-refractivity contribution in [2.24, 2.45) is 5.41 Å². The summed E-state index contributed by atoms with van der Waals surface area (Å²) >= 11 is 0. The number of carbonyl (C=O) groups is 1. The van der Waals surface area contributed by atoms with Gasteiger partial charge in [-0.05, 0) is 56.2 Å². The van der Waals surface area contributed by atoms with Gasteiger partial charge in [-0.25, -0.2) is 0 Å². The van der Waals surface area contributed by atoms with E-state index in [-0.39, 0.29) is 11.9 Å². The van der Waals surface area contributed by atoms with E-state index in [4.69, 9.17) is 4.74 Å². The SMILES string of the molecule is CC(C)(C)C(=O)OCCCC(c1ccccc1)C(c1ccccc1)c1ccccc1. The van der Waals surface area contributed by atoms with Crippen LogP contribution in [-0.4, -0.2) is 12.6 Å². The maximum absolute atomic E-state index is 12.1. The molecule has 0 amide bonds. The zero-order valence-electron chi connectivity index (χ0n) is 18.3. The minimum absolute atomic E-state index is 0.138. The molecule has 3 aromatic carbocycles. The molecular formula is C28H32O2. The van der Waals surface area contributed by atoms with Gasteiger partial charge in [0.1, 0.15) is 0 Å². The van der Waals surface area contributed by atoms with Crippen LogP contribution in [-0.2, 0) is 9.53 Å². The third-order valence-electron chi connectivity index (χ3n) is 5.45. The van der Waals surface area contributed by atoms with Crippen molar-refractivity contribution in [3.63, 3.8) is 0 Å². The molecule has 0 spiro atoms. The number of carbonyl (C=O) groups excluding carboxylic acids is 1. The highest BCUT2D eigenvalue weighted by molar-refractivity contribution is 5.75. The summed E-state index contributed by atoms with van der Waals surface area (Å²) in [5.74, 6) is 0.402. The van der Waals surface area contributed by atoms with E-state index in [2.05, 4.69) is 91.0 Å². The maximum Gasteiger partial charge on any atom is 0.311 e. The second-order valence-corrected chi connectivity index (χ2v) is 8.84. The molecule has 0 saturated carbocycles. The lowest BCUT2D eigenvalue weighted by Crippen LogP contribution is -2.23. The van der Waals surface area contributed by atoms with Crippen LogP contribution in [0.25, 0.3) is 0 Å². The Bertz CT molecular complexity index is 856. The molecule has 1 atom stereocenters. The average Bonchev–Trinajstić information content (AvgIpc) is 2.77. The lowest BCUT2D eigenvalue weighted by atomic mass is 9.75. The second kappa shape index (κ2) is 10.2. The molecule has 0 N–H and O–H groups in total. The van der Waals surface area contributed by atoms with E-state index in [0.29, 0.717) is 12.5 Å². The fourth-order valence-corrected chi connectivity index (χ4v) is 3.89. The van der Waals surface area contributed by atoms with Crippen molar-refractivity contribution in [2.75, 3.05) is 6.61 Å². The van der Waals surface area contributed by atoms with Gasteiger partial charge >= 0.3 is 5.97 Å². The Morgan fingerprint density at radius 2 is 1.17 bits per heavy atom. The van der Waals surface area contributed by atoms with Crippen molar-refractivity contribution in [3.05, 3.63) is 108 Å². The molecule has 2 nitrogen and oxygen atoms in total. The van der Waals surface area contributed by atoms with E-state index >= 15 is 0 Å². The Morgan fingerprint density at radius 3 is 1.60 bits per heavy atom. The molecule has 30 heavy (non-hydrogen) atoms. The smallest absolute Gasteiger partial charge is 0.311 e. The first-order chi connectivity index (χ1) is 14.5. The summed E-state index contributed by atoms with van der Waals surface area (Å²) in [6.07, 6.45) is 1.77. The fourth-order valence-electron chi connectivity index (χ4n) is 3.89. The Morgan fingerprint density at radius 1 is 0.733 bits per heavy atom. The minimum Gasteiger partial charge on any atom is -0.465 e. The third kappa shape index (κ3) is 5.82. The molecular weight excluding hydrogens is 368 g/mol. The zero-order valence-corrected chi connectivity index (χ0v) is 18.3. The molecule has 0 fully saturated rings. The molecule has 3 rings (SSSR count). The quantitative estimate of drug-likeness (QED) is 0.301. The van der Waals surface area contributed by atoms with Crippen molar-refractivity contribution < 1.29 is 9.53 Å². The standard InChI is InChI=1S/C28H32O2/c1-28(2,3)27(29)30-21-13-20-25(22-14-7-4-8-15-22)26(23-16-9-5-10-17-23)24-18-11-6-12-19-24/h4-12,14-19,25-26H,13,20-21H2,1-3H3. The Hall–Kier alpha value is -2.87. The predicted octanol–water partition coefficient (Wildman–Crippen LogP) is 6.97. The Kier molecular flexibility index (Phi) is 7.46. The van der Waals surface area contributed by atoms with Crippen molar-refractivity contribution in [3.8, 4) is 0 Å². The second-order valence-electron chi connectivity index (χ2n) is 8.84. The third-order valence-corrected chi connectivity index (χ3v) is 5.45. The molecule has 156 valence electrons. The highest BCUT2D eigenvalue weighted by atomic mass is 16.5. The molecule has 0 radical (unpaired) electrons. The summed E-state index contributed by atoms with van der Waals surface area (Å²) in [7, 11) is 0. The number of esters is 1. The van der Waals surface area contributed by atoms with Gasteiger partial charge in [0.25, 0.3) is 0 Å². The average molecular weight is 401 g/mol. The summed E-state index contributed by atoms with van der Waals surface area (Å²) in [5, 5.41) is 0. The maximum atomic E-state index is 12.1. The first-order valence-electron chi connectivity index (χ1n) is 10.8. The topological polar surface area (TPSA) is 26.3 Å². The van der Waals surface area contributed by atoms with Crippen LogP contribution in [0.5, 0.6) is 0 Å². The summed E-state index contributed by atoms with van der Waals surface area (Å²) in [6, 6.07) is 32.1. The summed E-state index contributed by atoms with van der Waals surface area (Å²) in [5.41, 5.74) is 3.47. The van der Waals surface area contributed by atoms with Crippen LogP contribution in [0.3, 0.4) is 0 Å². The molecule has 0 aliphatic heterocycles. The first kappa shape index (κ1) is 21.8. The van der Waals surface area contributed by atoms with E-state index in [1.54, 1.807) is 0 Å². The molecule has 0 aromatic heterocycles. The lowest BCUT2D eigenvalue weighted by Gasteiger charge is -2.29. The van der Waals surface area contributed by atoms with Crippen LogP contribution >= 0.6 is 0 Å². The van der Waals surface area contributed by atoms with Gasteiger partial charge in [0.15, 0.2) is 0 Å². The number of hydrogen-bond donors (Lipinski definition) is 0. The molecule has 0 aliphatic rings. The van der Waals surface area contributed by atoms with Crippen LogP contribution in [0.2, 0.25) is 0 Å². The van der Waals surface area contributed by atoms with Gasteiger partial charge in [-0.3, -0.25) is 4.79 Å². The Balaban J connectivity index is 1.87. The molecule has 0 aliphatic carbocycles. The molecule has 0 bridgehead atoms. The van der Waals surface area contributed by atoms with E-state index < -0.39 is 5.41 Å². The normalized spacial score (nSPS) is 12.5. The van der Waals surface area contributed by atoms with Gasteiger partial charge in [-0.2, -0.15) is 0 Å². The van der Waals surface area contributed by atoms with Crippen molar-refractivity contribution in [1.82, 2.24) is 0 Å². The van der Waals surface area contributed by atoms with Gasteiger partial charge in [0.05, 0.1) is 12.0 Å². The lowest BCUT2D eigenvalue weighted by molar-refractivity contribution is -0.153. The summed E-state index contributed by atoms with van der Waals surface area (Å²) < 4.78 is 5.54. The number of ether oxygens (including phenoxy) is 1. The van der Waals surface area contributed by atoms with Gasteiger partial charge in [-0.15, -0.1) is 0 Å². The molecule has 1 unspecified atom stereocenters. The number of hydrogen-bond acceptors (Lipinski definition) is 2. The van der Waals surface area contributed by atoms with Gasteiger partial charge in [-0.1, -0.05) is 91.0 Å². The molecule has 0 saturated heterocycles. The zero-order chi connectivity index (χ0) is 21.4. The number of benzene rings is 3. The van der Waals surface area contributed by atoms with Crippen LogP contribution in [0.15, 0.2) is 91.0 Å². The van der Waals surface area contributed by atoms with Gasteiger partial charge in [0.2, 0.25) is 0 Å². The van der Waals surface area contributed by atoms with Crippen molar-refractivity contribution in [1.29, 1.82) is 0 Å². The summed E-state index contributed by atoms with van der Waals surface area (Å²) in [4.78, 5) is 12.1. The van der Waals surface area contributed by atoms with E-state index in [1.807, 2.05) is 20.8 Å². The predicted molar refractivity (Wildman–Crippen MR) is 124 cm³/mol. The Labute approximate surface area is 180 Å². The van der Waals surface area contributed by atoms with E-state index in [9.17, 15) is 4.79 Å². The van der Waals surface area contributed by atoms with E-state index in [1.165, 1.54) is 16.7 Å². The largest absolute Gasteiger partial charge is 0.465 e. The van der Waals surface area contributed by atoms with Gasteiger partial charge < -0.3 is 4.74 Å². The monoisotopic (exact) mass is 400 g/mol. The number of rotatable bonds is 8. The highest BCUT2D eigenvalue weighted by Crippen LogP contribution is 2.41. The first-order valence-corrected chi connectivity index (χ1v) is 10.8. The van der Waals surface area contributed by atoms with Crippen LogP contribution in [0.4, 0.5) is 0 Å².